The molecule has 0 bridgehead atoms. The summed E-state index contributed by atoms with van der Waals surface area (Å²) in [6, 6.07) is 0. The lowest BCUT2D eigenvalue weighted by atomic mass is 10.2. The quantitative estimate of drug-likeness (QED) is 0.676. The Kier molecular flexibility index (Phi) is 4.62. The van der Waals surface area contributed by atoms with Crippen molar-refractivity contribution in [2.75, 3.05) is 18.5 Å². The Bertz CT molecular complexity index is 601. The van der Waals surface area contributed by atoms with E-state index in [1.807, 2.05) is 0 Å². The van der Waals surface area contributed by atoms with Crippen molar-refractivity contribution in [2.24, 2.45) is 7.05 Å². The smallest absolute Gasteiger partial charge is 0.407 e. The van der Waals surface area contributed by atoms with E-state index in [0.717, 1.165) is 0 Å². The topological polar surface area (TPSA) is 118 Å². The molecule has 2 heterocycles. The second-order valence-corrected chi connectivity index (χ2v) is 6.36. The van der Waals surface area contributed by atoms with Crippen molar-refractivity contribution < 1.29 is 24.2 Å². The molecule has 1 aromatic heterocycles. The van der Waals surface area contributed by atoms with E-state index in [1.165, 1.54) is 0 Å². The molecule has 23 heavy (non-hydrogen) atoms. The second kappa shape index (κ2) is 6.17. The van der Waals surface area contributed by atoms with Crippen LogP contribution in [0.4, 0.5) is 10.6 Å². The van der Waals surface area contributed by atoms with Crippen LogP contribution in [0, 0.1) is 0 Å². The maximum atomic E-state index is 11.8. The Morgan fingerprint density at radius 1 is 1.52 bits per heavy atom. The van der Waals surface area contributed by atoms with Crippen molar-refractivity contribution in [1.29, 1.82) is 0 Å². The van der Waals surface area contributed by atoms with E-state index >= 15 is 0 Å². The van der Waals surface area contributed by atoms with Gasteiger partial charge in [-0.25, -0.2) is 9.78 Å². The molecular weight excluding hydrogens is 304 g/mol. The summed E-state index contributed by atoms with van der Waals surface area (Å²) in [7, 11) is 1.70. The minimum atomic E-state index is -1.35. The van der Waals surface area contributed by atoms with Crippen LogP contribution in [-0.2, 0) is 27.1 Å². The molecule has 1 unspecified atom stereocenters. The number of anilines is 1. The third-order valence-corrected chi connectivity index (χ3v) is 2.93. The average Bonchev–Trinajstić information content (AvgIpc) is 3.01. The fourth-order valence-corrected chi connectivity index (χ4v) is 1.88. The first-order chi connectivity index (χ1) is 10.6. The summed E-state index contributed by atoms with van der Waals surface area (Å²) in [5, 5.41) is 14.9. The molecule has 0 saturated carbocycles. The molecule has 0 aliphatic carbocycles. The number of epoxide rings is 1. The van der Waals surface area contributed by atoms with E-state index < -0.39 is 17.5 Å². The molecule has 0 radical (unpaired) electrons. The summed E-state index contributed by atoms with van der Waals surface area (Å²) in [5.41, 5.74) is -0.582. The molecule has 0 aromatic carbocycles. The Morgan fingerprint density at radius 2 is 2.17 bits per heavy atom. The Morgan fingerprint density at radius 3 is 2.74 bits per heavy atom. The van der Waals surface area contributed by atoms with Crippen LogP contribution in [-0.4, -0.2) is 45.4 Å². The standard InChI is InChI=1S/C14H22N4O5/c1-13(2,3)23-12(20)15-6-5-10(19)16-9-7-18(4)11(17-9)14(21)8-22-14/h7,21H,5-6,8H2,1-4H3,(H,15,20)(H,16,19). The number of aryl methyl sites for hydroxylation is 1. The molecule has 2 amide bonds. The van der Waals surface area contributed by atoms with Gasteiger partial charge in [-0.15, -0.1) is 0 Å². The largest absolute Gasteiger partial charge is 0.444 e. The Labute approximate surface area is 134 Å². The highest BCUT2D eigenvalue weighted by Gasteiger charge is 2.48. The van der Waals surface area contributed by atoms with Crippen molar-refractivity contribution in [3.63, 3.8) is 0 Å². The molecule has 9 heteroatoms. The third kappa shape index (κ3) is 4.93. The van der Waals surface area contributed by atoms with Gasteiger partial charge >= 0.3 is 6.09 Å². The van der Waals surface area contributed by atoms with Gasteiger partial charge in [0.25, 0.3) is 5.79 Å². The summed E-state index contributed by atoms with van der Waals surface area (Å²) in [4.78, 5) is 27.4. The molecule has 0 spiro atoms. The van der Waals surface area contributed by atoms with E-state index in [-0.39, 0.29) is 25.5 Å². The number of carbonyl (C=O) groups excluding carboxylic acids is 2. The fraction of sp³-hybridized carbons (Fsp3) is 0.643. The minimum absolute atomic E-state index is 0.0753. The lowest BCUT2D eigenvalue weighted by Crippen LogP contribution is -2.34. The molecule has 1 aromatic rings. The van der Waals surface area contributed by atoms with E-state index in [4.69, 9.17) is 9.47 Å². The highest BCUT2D eigenvalue weighted by atomic mass is 16.7. The molecule has 3 N–H and O–H groups in total. The van der Waals surface area contributed by atoms with Crippen LogP contribution in [0.5, 0.6) is 0 Å². The van der Waals surface area contributed by atoms with Gasteiger partial charge in [-0.3, -0.25) is 4.79 Å². The van der Waals surface area contributed by atoms with Crippen molar-refractivity contribution in [2.45, 2.75) is 38.6 Å². The normalized spacial score (nSPS) is 20.0. The van der Waals surface area contributed by atoms with Crippen LogP contribution in [0.3, 0.4) is 0 Å². The summed E-state index contributed by atoms with van der Waals surface area (Å²) in [5.74, 6) is -1.02. The van der Waals surface area contributed by atoms with Crippen LogP contribution in [0.25, 0.3) is 0 Å². The number of hydrogen-bond acceptors (Lipinski definition) is 6. The zero-order valence-corrected chi connectivity index (χ0v) is 13.7. The van der Waals surface area contributed by atoms with E-state index in [2.05, 4.69) is 15.6 Å². The minimum Gasteiger partial charge on any atom is -0.444 e. The van der Waals surface area contributed by atoms with E-state index in [1.54, 1.807) is 38.6 Å². The maximum Gasteiger partial charge on any atom is 0.407 e. The van der Waals surface area contributed by atoms with Gasteiger partial charge in [0.05, 0.1) is 0 Å². The van der Waals surface area contributed by atoms with Crippen LogP contribution >= 0.6 is 0 Å². The van der Waals surface area contributed by atoms with Crippen molar-refractivity contribution in [1.82, 2.24) is 14.9 Å². The van der Waals surface area contributed by atoms with Crippen molar-refractivity contribution in [3.8, 4) is 0 Å². The number of nitrogens with one attached hydrogen (secondary N) is 2. The lowest BCUT2D eigenvalue weighted by Gasteiger charge is -2.19. The zero-order valence-electron chi connectivity index (χ0n) is 13.7. The number of alkyl carbamates (subject to hydrolysis) is 1. The van der Waals surface area contributed by atoms with Gasteiger partial charge in [-0.05, 0) is 20.8 Å². The first kappa shape index (κ1) is 17.2. The van der Waals surface area contributed by atoms with Gasteiger partial charge < -0.3 is 29.8 Å². The van der Waals surface area contributed by atoms with Gasteiger partial charge in [-0.1, -0.05) is 0 Å². The molecule has 1 aliphatic rings. The van der Waals surface area contributed by atoms with Gasteiger partial charge in [0, 0.05) is 26.2 Å². The highest BCUT2D eigenvalue weighted by Crippen LogP contribution is 2.34. The summed E-state index contributed by atoms with van der Waals surface area (Å²) >= 11 is 0. The molecule has 1 aliphatic heterocycles. The Balaban J connectivity index is 1.76. The number of rotatable bonds is 5. The average molecular weight is 326 g/mol. The van der Waals surface area contributed by atoms with Crippen LogP contribution < -0.4 is 10.6 Å². The fourth-order valence-electron chi connectivity index (χ4n) is 1.88. The molecule has 128 valence electrons. The number of aromatic nitrogens is 2. The predicted molar refractivity (Wildman–Crippen MR) is 80.5 cm³/mol. The number of amides is 2. The van der Waals surface area contributed by atoms with Gasteiger partial charge in [0.1, 0.15) is 12.2 Å². The number of hydrogen-bond donors (Lipinski definition) is 3. The van der Waals surface area contributed by atoms with Crippen LogP contribution in [0.15, 0.2) is 6.20 Å². The molecule has 2 rings (SSSR count). The second-order valence-electron chi connectivity index (χ2n) is 6.36. The summed E-state index contributed by atoms with van der Waals surface area (Å²) in [6.07, 6.45) is 1.08. The number of aliphatic hydroxyl groups is 1. The number of nitrogens with zero attached hydrogens (tertiary/aromatic N) is 2. The number of carbonyl (C=O) groups is 2. The number of ether oxygens (including phenoxy) is 2. The van der Waals surface area contributed by atoms with E-state index in [0.29, 0.717) is 11.6 Å². The lowest BCUT2D eigenvalue weighted by molar-refractivity contribution is -0.116. The van der Waals surface area contributed by atoms with Crippen LogP contribution in [0.2, 0.25) is 0 Å². The summed E-state index contributed by atoms with van der Waals surface area (Å²) < 4.78 is 11.6. The van der Waals surface area contributed by atoms with Crippen LogP contribution in [0.1, 0.15) is 33.0 Å². The highest BCUT2D eigenvalue weighted by molar-refractivity contribution is 5.90. The predicted octanol–water partition coefficient (Wildman–Crippen LogP) is 0.449. The van der Waals surface area contributed by atoms with Gasteiger partial charge in [0.15, 0.2) is 11.6 Å². The van der Waals surface area contributed by atoms with Gasteiger partial charge in [-0.2, -0.15) is 0 Å². The zero-order chi connectivity index (χ0) is 17.3. The first-order valence-electron chi connectivity index (χ1n) is 7.26. The molecular formula is C14H22N4O5. The molecule has 9 nitrogen and oxygen atoms in total. The monoisotopic (exact) mass is 326 g/mol. The van der Waals surface area contributed by atoms with E-state index in [9.17, 15) is 14.7 Å². The van der Waals surface area contributed by atoms with Crippen molar-refractivity contribution >= 4 is 17.8 Å². The SMILES string of the molecule is Cn1cc(NC(=O)CCNC(=O)OC(C)(C)C)nc1C1(O)CO1. The summed E-state index contributed by atoms with van der Waals surface area (Å²) in [6.45, 7) is 5.61. The van der Waals surface area contributed by atoms with Crippen molar-refractivity contribution in [3.05, 3.63) is 12.0 Å². The molecule has 1 fully saturated rings. The third-order valence-electron chi connectivity index (χ3n) is 2.93. The Hall–Kier alpha value is -2.13. The molecule has 1 atom stereocenters. The molecule has 1 saturated heterocycles. The number of imidazole rings is 1. The van der Waals surface area contributed by atoms with Gasteiger partial charge in [0.2, 0.25) is 5.91 Å². The first-order valence-corrected chi connectivity index (χ1v) is 7.26. The maximum absolute atomic E-state index is 11.8.